The topological polar surface area (TPSA) is 117 Å². The molecule has 0 aliphatic heterocycles. The van der Waals surface area contributed by atoms with Crippen LogP contribution >= 0.6 is 11.6 Å². The van der Waals surface area contributed by atoms with Gasteiger partial charge in [0.05, 0.1) is 23.8 Å². The second-order valence-electron chi connectivity index (χ2n) is 5.55. The maximum Gasteiger partial charge on any atom is 0.344 e. The van der Waals surface area contributed by atoms with Gasteiger partial charge in [-0.05, 0) is 36.8 Å². The van der Waals surface area contributed by atoms with Gasteiger partial charge in [0, 0.05) is 11.1 Å². The van der Waals surface area contributed by atoms with Crippen molar-refractivity contribution in [3.8, 4) is 11.5 Å². The predicted molar refractivity (Wildman–Crippen MR) is 101 cm³/mol. The molecular weight excluding hydrogens is 392 g/mol. The molecule has 0 atom stereocenters. The number of halogens is 1. The summed E-state index contributed by atoms with van der Waals surface area (Å²) in [6.45, 7) is 0.863. The number of methoxy groups -OCH3 is 1. The Bertz CT molecular complexity index is 901. The zero-order valence-corrected chi connectivity index (χ0v) is 15.8. The van der Waals surface area contributed by atoms with Crippen LogP contribution < -0.4 is 14.8 Å². The first-order valence-electron chi connectivity index (χ1n) is 7.97. The van der Waals surface area contributed by atoms with Gasteiger partial charge in [-0.1, -0.05) is 11.6 Å². The Hall–Kier alpha value is -3.33. The van der Waals surface area contributed by atoms with E-state index in [1.165, 1.54) is 25.3 Å². The monoisotopic (exact) mass is 408 g/mol. The van der Waals surface area contributed by atoms with Crippen LogP contribution in [0.25, 0.3) is 0 Å². The number of hydrogen-bond acceptors (Lipinski definition) is 7. The van der Waals surface area contributed by atoms with Crippen LogP contribution in [0.5, 0.6) is 11.5 Å². The van der Waals surface area contributed by atoms with E-state index in [0.717, 1.165) is 5.56 Å². The van der Waals surface area contributed by atoms with Crippen LogP contribution in [-0.2, 0) is 14.3 Å². The molecule has 0 saturated heterocycles. The Balaban J connectivity index is 1.84. The number of non-ortho nitro benzene ring substituents is 1. The molecule has 1 amide bonds. The average molecular weight is 409 g/mol. The van der Waals surface area contributed by atoms with Gasteiger partial charge in [0.15, 0.2) is 13.2 Å². The molecule has 2 aromatic rings. The minimum Gasteiger partial charge on any atom is -0.494 e. The second kappa shape index (κ2) is 9.56. The number of rotatable bonds is 8. The Morgan fingerprint density at radius 2 is 1.93 bits per heavy atom. The van der Waals surface area contributed by atoms with Crippen LogP contribution in [0.4, 0.5) is 11.4 Å². The fourth-order valence-electron chi connectivity index (χ4n) is 2.12. The third-order valence-electron chi connectivity index (χ3n) is 3.52. The van der Waals surface area contributed by atoms with Crippen molar-refractivity contribution in [3.63, 3.8) is 0 Å². The molecule has 148 valence electrons. The van der Waals surface area contributed by atoms with Crippen LogP contribution in [0.1, 0.15) is 5.56 Å². The number of nitrogens with one attached hydrogen (secondary N) is 1. The van der Waals surface area contributed by atoms with Crippen LogP contribution in [0, 0.1) is 17.0 Å². The molecule has 2 aromatic carbocycles. The van der Waals surface area contributed by atoms with Crippen molar-refractivity contribution >= 4 is 34.9 Å². The lowest BCUT2D eigenvalue weighted by Gasteiger charge is -2.11. The number of nitro benzene ring substituents is 1. The summed E-state index contributed by atoms with van der Waals surface area (Å²) in [7, 11) is 1.31. The highest BCUT2D eigenvalue weighted by Crippen LogP contribution is 2.28. The summed E-state index contributed by atoms with van der Waals surface area (Å²) in [5.74, 6) is -0.824. The first kappa shape index (κ1) is 21.0. The van der Waals surface area contributed by atoms with Crippen LogP contribution in [0.3, 0.4) is 0 Å². The summed E-state index contributed by atoms with van der Waals surface area (Å²) in [5.41, 5.74) is 0.821. The smallest absolute Gasteiger partial charge is 0.344 e. The second-order valence-corrected chi connectivity index (χ2v) is 5.96. The van der Waals surface area contributed by atoms with Gasteiger partial charge >= 0.3 is 5.97 Å². The average Bonchev–Trinajstić information content (AvgIpc) is 2.67. The Labute approximate surface area is 165 Å². The van der Waals surface area contributed by atoms with E-state index < -0.39 is 23.4 Å². The molecule has 0 aliphatic rings. The first-order chi connectivity index (χ1) is 13.3. The van der Waals surface area contributed by atoms with Crippen LogP contribution in [0.2, 0.25) is 5.02 Å². The van der Waals surface area contributed by atoms with Crippen molar-refractivity contribution in [1.82, 2.24) is 0 Å². The number of amides is 1. The van der Waals surface area contributed by atoms with E-state index in [1.54, 1.807) is 25.1 Å². The molecule has 0 heterocycles. The zero-order chi connectivity index (χ0) is 20.7. The highest BCUT2D eigenvalue weighted by molar-refractivity contribution is 6.31. The summed E-state index contributed by atoms with van der Waals surface area (Å²) >= 11 is 5.91. The van der Waals surface area contributed by atoms with Crippen LogP contribution in [0.15, 0.2) is 36.4 Å². The zero-order valence-electron chi connectivity index (χ0n) is 15.1. The molecule has 0 unspecified atom stereocenters. The van der Waals surface area contributed by atoms with Crippen molar-refractivity contribution in [2.75, 3.05) is 25.6 Å². The fourth-order valence-corrected chi connectivity index (χ4v) is 2.24. The molecule has 2 rings (SSSR count). The lowest BCUT2D eigenvalue weighted by atomic mass is 10.2. The lowest BCUT2D eigenvalue weighted by molar-refractivity contribution is -0.384. The van der Waals surface area contributed by atoms with Gasteiger partial charge in [-0.3, -0.25) is 14.9 Å². The lowest BCUT2D eigenvalue weighted by Crippen LogP contribution is -2.23. The van der Waals surface area contributed by atoms with Gasteiger partial charge in [-0.2, -0.15) is 0 Å². The third kappa shape index (κ3) is 5.85. The Kier molecular flexibility index (Phi) is 7.16. The minimum atomic E-state index is -0.738. The van der Waals surface area contributed by atoms with Gasteiger partial charge in [0.1, 0.15) is 11.5 Å². The number of carbonyl (C=O) groups is 2. The molecule has 0 aromatic heterocycles. The number of carbonyl (C=O) groups excluding carboxylic acids is 2. The number of anilines is 1. The molecule has 0 bridgehead atoms. The number of hydrogen-bond donors (Lipinski definition) is 1. The fraction of sp³-hybridized carbons (Fsp3) is 0.222. The first-order valence-corrected chi connectivity index (χ1v) is 8.35. The van der Waals surface area contributed by atoms with Crippen molar-refractivity contribution in [2.24, 2.45) is 0 Å². The molecule has 9 nitrogen and oxygen atoms in total. The summed E-state index contributed by atoms with van der Waals surface area (Å²) < 4.78 is 15.1. The van der Waals surface area contributed by atoms with Crippen molar-refractivity contribution in [3.05, 3.63) is 57.1 Å². The summed E-state index contributed by atoms with van der Waals surface area (Å²) in [6.07, 6.45) is 0. The van der Waals surface area contributed by atoms with Crippen molar-refractivity contribution < 1.29 is 28.7 Å². The largest absolute Gasteiger partial charge is 0.494 e. The highest BCUT2D eigenvalue weighted by Gasteiger charge is 2.15. The van der Waals surface area contributed by atoms with Crippen molar-refractivity contribution in [1.29, 1.82) is 0 Å². The van der Waals surface area contributed by atoms with E-state index in [9.17, 15) is 19.7 Å². The maximum atomic E-state index is 11.9. The van der Waals surface area contributed by atoms with E-state index in [2.05, 4.69) is 5.32 Å². The predicted octanol–water partition coefficient (Wildman–Crippen LogP) is 3.13. The van der Waals surface area contributed by atoms with E-state index in [4.69, 9.17) is 25.8 Å². The van der Waals surface area contributed by atoms with Gasteiger partial charge in [-0.15, -0.1) is 0 Å². The Morgan fingerprint density at radius 3 is 2.57 bits per heavy atom. The SMILES string of the molecule is COc1cc([N+](=O)[O-])ccc1NC(=O)COC(=O)COc1ccc(Cl)c(C)c1. The molecule has 0 saturated carbocycles. The van der Waals surface area contributed by atoms with E-state index in [0.29, 0.717) is 10.8 Å². The van der Waals surface area contributed by atoms with Crippen molar-refractivity contribution in [2.45, 2.75) is 6.92 Å². The van der Waals surface area contributed by atoms with Gasteiger partial charge in [-0.25, -0.2) is 4.79 Å². The molecule has 0 fully saturated rings. The number of esters is 1. The van der Waals surface area contributed by atoms with E-state index >= 15 is 0 Å². The van der Waals surface area contributed by atoms with Gasteiger partial charge < -0.3 is 19.5 Å². The number of benzene rings is 2. The third-order valence-corrected chi connectivity index (χ3v) is 3.94. The molecule has 1 N–H and O–H groups in total. The maximum absolute atomic E-state index is 11.9. The molecule has 28 heavy (non-hydrogen) atoms. The number of aryl methyl sites for hydroxylation is 1. The van der Waals surface area contributed by atoms with E-state index in [-0.39, 0.29) is 23.7 Å². The van der Waals surface area contributed by atoms with Gasteiger partial charge in [0.2, 0.25) is 0 Å². The van der Waals surface area contributed by atoms with E-state index in [1.807, 2.05) is 0 Å². The number of nitrogens with zero attached hydrogens (tertiary/aromatic N) is 1. The standard InChI is InChI=1S/C18H17ClN2O7/c1-11-7-13(4-5-14(11)19)27-10-18(23)28-9-17(22)20-15-6-3-12(21(24)25)8-16(15)26-2/h3-8H,9-10H2,1-2H3,(H,20,22). The number of ether oxygens (including phenoxy) is 3. The minimum absolute atomic E-state index is 0.107. The highest BCUT2D eigenvalue weighted by atomic mass is 35.5. The normalized spacial score (nSPS) is 10.1. The van der Waals surface area contributed by atoms with Crippen LogP contribution in [-0.4, -0.2) is 37.1 Å². The molecular formula is C18H17ClN2O7. The molecule has 0 spiro atoms. The summed E-state index contributed by atoms with van der Waals surface area (Å²) in [4.78, 5) is 33.8. The molecule has 0 aliphatic carbocycles. The summed E-state index contributed by atoms with van der Waals surface area (Å²) in [6, 6.07) is 8.63. The quantitative estimate of drug-likeness (QED) is 0.405. The van der Waals surface area contributed by atoms with Gasteiger partial charge in [0.25, 0.3) is 11.6 Å². The Morgan fingerprint density at radius 1 is 1.18 bits per heavy atom. The summed E-state index contributed by atoms with van der Waals surface area (Å²) in [5, 5.41) is 13.8. The number of nitro groups is 1. The molecule has 10 heteroatoms. The molecule has 0 radical (unpaired) electrons.